The summed E-state index contributed by atoms with van der Waals surface area (Å²) < 4.78 is 27.7. The lowest BCUT2D eigenvalue weighted by molar-refractivity contribution is -0.134. The zero-order valence-corrected chi connectivity index (χ0v) is 19.1. The summed E-state index contributed by atoms with van der Waals surface area (Å²) in [6.07, 6.45) is 1.26. The molecule has 3 heterocycles. The van der Waals surface area contributed by atoms with Gasteiger partial charge in [-0.3, -0.25) is 4.79 Å². The molecule has 166 valence electrons. The van der Waals surface area contributed by atoms with Crippen LogP contribution in [0.4, 0.5) is 5.82 Å². The predicted molar refractivity (Wildman–Crippen MR) is 118 cm³/mol. The third kappa shape index (κ3) is 4.43. The molecule has 31 heavy (non-hydrogen) atoms. The van der Waals surface area contributed by atoms with Gasteiger partial charge >= 0.3 is 0 Å². The van der Waals surface area contributed by atoms with Gasteiger partial charge in [0.2, 0.25) is 15.9 Å². The van der Waals surface area contributed by atoms with Crippen molar-refractivity contribution < 1.29 is 13.2 Å². The summed E-state index contributed by atoms with van der Waals surface area (Å²) in [6, 6.07) is 8.15. The van der Waals surface area contributed by atoms with Crippen LogP contribution in [0.3, 0.4) is 0 Å². The smallest absolute Gasteiger partial charge is 0.243 e. The third-order valence-electron chi connectivity index (χ3n) is 5.98. The van der Waals surface area contributed by atoms with Gasteiger partial charge in [-0.05, 0) is 45.7 Å². The third-order valence-corrected chi connectivity index (χ3v) is 7.91. The first-order valence-electron chi connectivity index (χ1n) is 10.7. The second-order valence-electron chi connectivity index (χ2n) is 8.31. The average Bonchev–Trinajstić information content (AvgIpc) is 3.24. The largest absolute Gasteiger partial charge is 0.353 e. The van der Waals surface area contributed by atoms with Crippen molar-refractivity contribution in [3.05, 3.63) is 47.4 Å². The van der Waals surface area contributed by atoms with E-state index in [2.05, 4.69) is 14.9 Å². The van der Waals surface area contributed by atoms with Gasteiger partial charge in [-0.15, -0.1) is 0 Å². The number of anilines is 1. The van der Waals surface area contributed by atoms with E-state index in [0.717, 1.165) is 22.9 Å². The Bertz CT molecular complexity index is 1040. The molecule has 2 saturated heterocycles. The number of aryl methyl sites for hydroxylation is 3. The molecule has 2 aliphatic rings. The molecule has 2 aromatic rings. The number of rotatable bonds is 4. The van der Waals surface area contributed by atoms with Gasteiger partial charge in [-0.25, -0.2) is 18.4 Å². The molecule has 0 saturated carbocycles. The van der Waals surface area contributed by atoms with Gasteiger partial charge < -0.3 is 9.80 Å². The summed E-state index contributed by atoms with van der Waals surface area (Å²) in [6.45, 7) is 8.55. The number of carbonyl (C=O) groups excluding carboxylic acids is 1. The van der Waals surface area contributed by atoms with E-state index in [9.17, 15) is 13.2 Å². The molecule has 1 amide bonds. The zero-order valence-electron chi connectivity index (χ0n) is 18.3. The number of amides is 1. The highest BCUT2D eigenvalue weighted by Crippen LogP contribution is 2.28. The van der Waals surface area contributed by atoms with Crippen LogP contribution < -0.4 is 4.90 Å². The average molecular weight is 444 g/mol. The summed E-state index contributed by atoms with van der Waals surface area (Å²) in [5.74, 6) is 1.51. The number of nitrogens with zero attached hydrogens (tertiary/aromatic N) is 5. The lowest BCUT2D eigenvalue weighted by Crippen LogP contribution is -2.54. The number of aromatic nitrogens is 2. The Morgan fingerprint density at radius 2 is 1.65 bits per heavy atom. The van der Waals surface area contributed by atoms with Crippen LogP contribution in [0.5, 0.6) is 0 Å². The van der Waals surface area contributed by atoms with Crippen molar-refractivity contribution in [2.45, 2.75) is 44.6 Å². The highest BCUT2D eigenvalue weighted by Gasteiger charge is 2.41. The fourth-order valence-corrected chi connectivity index (χ4v) is 6.00. The van der Waals surface area contributed by atoms with Gasteiger partial charge in [-0.1, -0.05) is 17.7 Å². The van der Waals surface area contributed by atoms with Gasteiger partial charge in [0.05, 0.1) is 4.90 Å². The minimum absolute atomic E-state index is 0.0946. The van der Waals surface area contributed by atoms with Crippen LogP contribution >= 0.6 is 0 Å². The van der Waals surface area contributed by atoms with Gasteiger partial charge in [0.1, 0.15) is 17.7 Å². The normalized spacial score (nSPS) is 20.3. The van der Waals surface area contributed by atoms with Crippen molar-refractivity contribution >= 4 is 21.7 Å². The van der Waals surface area contributed by atoms with Crippen molar-refractivity contribution in [1.82, 2.24) is 19.2 Å². The predicted octanol–water partition coefficient (Wildman–Crippen LogP) is 1.90. The van der Waals surface area contributed by atoms with Crippen molar-refractivity contribution in [2.75, 3.05) is 37.6 Å². The number of sulfonamides is 1. The molecule has 1 aromatic carbocycles. The van der Waals surface area contributed by atoms with E-state index in [1.165, 1.54) is 4.31 Å². The fourth-order valence-electron chi connectivity index (χ4n) is 4.35. The molecule has 0 spiro atoms. The number of benzene rings is 1. The summed E-state index contributed by atoms with van der Waals surface area (Å²) in [4.78, 5) is 26.3. The molecular formula is C22H29N5O3S. The Kier molecular flexibility index (Phi) is 5.98. The Hall–Kier alpha value is -2.52. The molecule has 2 fully saturated rings. The monoisotopic (exact) mass is 443 g/mol. The molecule has 0 aliphatic carbocycles. The number of carbonyl (C=O) groups is 1. The molecule has 2 aliphatic heterocycles. The van der Waals surface area contributed by atoms with Crippen LogP contribution in [0.2, 0.25) is 0 Å². The van der Waals surface area contributed by atoms with Gasteiger partial charge in [0.15, 0.2) is 0 Å². The Morgan fingerprint density at radius 1 is 0.968 bits per heavy atom. The van der Waals surface area contributed by atoms with Crippen LogP contribution in [0.25, 0.3) is 0 Å². The first kappa shape index (κ1) is 21.7. The molecule has 1 aromatic heterocycles. The topological polar surface area (TPSA) is 86.7 Å². The number of hydrogen-bond acceptors (Lipinski definition) is 6. The quantitative estimate of drug-likeness (QED) is 0.717. The highest BCUT2D eigenvalue weighted by molar-refractivity contribution is 7.89. The molecule has 0 bridgehead atoms. The van der Waals surface area contributed by atoms with Crippen LogP contribution in [-0.4, -0.2) is 72.3 Å². The molecule has 9 heteroatoms. The Balaban J connectivity index is 1.45. The highest BCUT2D eigenvalue weighted by atomic mass is 32.2. The molecule has 0 radical (unpaired) electrons. The van der Waals surface area contributed by atoms with Crippen molar-refractivity contribution in [2.24, 2.45) is 0 Å². The standard InChI is InChI=1S/C22H29N5O3S/c1-16-6-8-19(9-7-16)31(29,30)27-10-4-5-20(27)22(28)26-13-11-25(12-14-26)21-15-17(2)23-18(3)24-21/h6-9,15,20H,4-5,10-14H2,1-3H3/t20-/m0/s1. The van der Waals surface area contributed by atoms with E-state index in [-0.39, 0.29) is 10.8 Å². The molecule has 8 nitrogen and oxygen atoms in total. The van der Waals surface area contributed by atoms with Crippen molar-refractivity contribution in [1.29, 1.82) is 0 Å². The van der Waals surface area contributed by atoms with E-state index >= 15 is 0 Å². The molecular weight excluding hydrogens is 414 g/mol. The number of hydrogen-bond donors (Lipinski definition) is 0. The Labute approximate surface area is 183 Å². The molecule has 0 N–H and O–H groups in total. The van der Waals surface area contributed by atoms with Crippen LogP contribution in [-0.2, 0) is 14.8 Å². The second kappa shape index (κ2) is 8.55. The summed E-state index contributed by atoms with van der Waals surface area (Å²) in [5, 5.41) is 0. The van der Waals surface area contributed by atoms with Gasteiger partial charge in [0, 0.05) is 44.5 Å². The second-order valence-corrected chi connectivity index (χ2v) is 10.2. The molecule has 1 atom stereocenters. The van der Waals surface area contributed by atoms with E-state index in [4.69, 9.17) is 0 Å². The summed E-state index contributed by atoms with van der Waals surface area (Å²) in [5.41, 5.74) is 1.92. The van der Waals surface area contributed by atoms with E-state index in [1.54, 1.807) is 29.2 Å². The zero-order chi connectivity index (χ0) is 22.2. The first-order chi connectivity index (χ1) is 14.8. The minimum atomic E-state index is -3.69. The lowest BCUT2D eigenvalue weighted by Gasteiger charge is -2.37. The van der Waals surface area contributed by atoms with Crippen LogP contribution in [0, 0.1) is 20.8 Å². The minimum Gasteiger partial charge on any atom is -0.353 e. The van der Waals surface area contributed by atoms with Crippen LogP contribution in [0.1, 0.15) is 29.9 Å². The molecule has 0 unspecified atom stereocenters. The summed E-state index contributed by atoms with van der Waals surface area (Å²) >= 11 is 0. The van der Waals surface area contributed by atoms with Crippen LogP contribution in [0.15, 0.2) is 35.2 Å². The molecule has 4 rings (SSSR count). The van der Waals surface area contributed by atoms with Gasteiger partial charge in [-0.2, -0.15) is 4.31 Å². The van der Waals surface area contributed by atoms with Crippen molar-refractivity contribution in [3.63, 3.8) is 0 Å². The first-order valence-corrected chi connectivity index (χ1v) is 12.1. The van der Waals surface area contributed by atoms with E-state index < -0.39 is 16.1 Å². The fraction of sp³-hybridized carbons (Fsp3) is 0.500. The van der Waals surface area contributed by atoms with E-state index in [0.29, 0.717) is 45.6 Å². The SMILES string of the molecule is Cc1ccc(S(=O)(=O)N2CCC[C@H]2C(=O)N2CCN(c3cc(C)nc(C)n3)CC2)cc1. The maximum absolute atomic E-state index is 13.3. The summed E-state index contributed by atoms with van der Waals surface area (Å²) in [7, 11) is -3.69. The maximum atomic E-state index is 13.3. The number of piperazine rings is 1. The Morgan fingerprint density at radius 3 is 2.29 bits per heavy atom. The maximum Gasteiger partial charge on any atom is 0.243 e. The van der Waals surface area contributed by atoms with E-state index in [1.807, 2.05) is 26.8 Å². The lowest BCUT2D eigenvalue weighted by atomic mass is 10.2. The van der Waals surface area contributed by atoms with Crippen molar-refractivity contribution in [3.8, 4) is 0 Å². The van der Waals surface area contributed by atoms with Gasteiger partial charge in [0.25, 0.3) is 0 Å².